The van der Waals surface area contributed by atoms with E-state index >= 15 is 0 Å². The normalized spacial score (nSPS) is 12.6. The van der Waals surface area contributed by atoms with Crippen LogP contribution in [-0.2, 0) is 25.8 Å². The van der Waals surface area contributed by atoms with Crippen LogP contribution in [0.1, 0.15) is 76.3 Å². The molecule has 0 aliphatic heterocycles. The number of hydrogen-bond donors (Lipinski definition) is 0. The smallest absolute Gasteiger partial charge is 0.699 e. The maximum Gasteiger partial charge on any atom is 4.00 e. The fourth-order valence-corrected chi connectivity index (χ4v) is 3.12. The Balaban J connectivity index is 0.000000437. The Labute approximate surface area is 234 Å². The predicted octanol–water partition coefficient (Wildman–Crippen LogP) is 11.1. The molecule has 2 aromatic carbocycles. The molecule has 184 valence electrons. The molecule has 0 radical (unpaired) electrons. The van der Waals surface area contributed by atoms with Gasteiger partial charge in [-0.3, -0.25) is 12.2 Å². The number of rotatable bonds is 6. The van der Waals surface area contributed by atoms with Crippen molar-refractivity contribution in [3.05, 3.63) is 119 Å². The summed E-state index contributed by atoms with van der Waals surface area (Å²) in [5, 5.41) is 0. The van der Waals surface area contributed by atoms with Gasteiger partial charge in [-0.1, -0.05) is 112 Å². The van der Waals surface area contributed by atoms with Crippen molar-refractivity contribution in [2.75, 3.05) is 0 Å². The van der Waals surface area contributed by atoms with Crippen LogP contribution in [0, 0.1) is 26.0 Å². The Hall–Kier alpha value is -2.13. The molecule has 0 saturated heterocycles. The zero-order chi connectivity index (χ0) is 25.0. The topological polar surface area (TPSA) is 47.6 Å². The van der Waals surface area contributed by atoms with Crippen molar-refractivity contribution < 1.29 is 25.8 Å². The molecule has 2 aromatic rings. The number of nitrogens with one attached hydrogen (secondary N) is 2. The van der Waals surface area contributed by atoms with Gasteiger partial charge < -0.3 is 11.5 Å². The molecule has 0 spiro atoms. The molecule has 0 saturated carbocycles. The van der Waals surface area contributed by atoms with E-state index in [0.717, 1.165) is 24.0 Å². The minimum Gasteiger partial charge on any atom is -0.699 e. The first-order valence-electron chi connectivity index (χ1n) is 12.5. The Kier molecular flexibility index (Phi) is 19.9. The summed E-state index contributed by atoms with van der Waals surface area (Å²) < 4.78 is 0. The SMILES string of the molecule is CCCCC1=[C-]CC=C1.CCCCC1=[C-]CC=C1.Cc1ccccc1[NH-].Cc1ccccc1[NH-].[Hf+4]. The van der Waals surface area contributed by atoms with Crippen LogP contribution in [0.15, 0.2) is 84.0 Å². The number of allylic oxidation sites excluding steroid dienone is 8. The average Bonchev–Trinajstić information content (AvgIpc) is 3.56. The van der Waals surface area contributed by atoms with E-state index < -0.39 is 0 Å². The second-order valence-corrected chi connectivity index (χ2v) is 8.45. The van der Waals surface area contributed by atoms with Gasteiger partial charge in [0.25, 0.3) is 0 Å². The minimum atomic E-state index is 0. The van der Waals surface area contributed by atoms with Crippen molar-refractivity contribution in [3.8, 4) is 0 Å². The summed E-state index contributed by atoms with van der Waals surface area (Å²) in [6.45, 7) is 8.31. The van der Waals surface area contributed by atoms with Gasteiger partial charge in [0.05, 0.1) is 0 Å². The standard InChI is InChI=1S/2C9H13.2C7H8N.Hf/c2*1-2-3-6-9-7-4-5-8-9;2*1-6-4-2-3-5-7(6)8;/h2*4,7H,2-3,5-6H2,1H3;2*2-5,8H,1H3;/q4*-1;+4. The van der Waals surface area contributed by atoms with Gasteiger partial charge in [-0.2, -0.15) is 12.2 Å². The van der Waals surface area contributed by atoms with Gasteiger partial charge in [-0.15, -0.1) is 24.2 Å². The fourth-order valence-electron chi connectivity index (χ4n) is 3.12. The maximum atomic E-state index is 7.22. The molecule has 35 heavy (non-hydrogen) atoms. The van der Waals surface area contributed by atoms with Crippen molar-refractivity contribution in [3.63, 3.8) is 0 Å². The molecule has 0 aromatic heterocycles. The Morgan fingerprint density at radius 3 is 1.26 bits per heavy atom. The van der Waals surface area contributed by atoms with Gasteiger partial charge >= 0.3 is 25.8 Å². The van der Waals surface area contributed by atoms with Crippen LogP contribution in [0.25, 0.3) is 11.5 Å². The first-order valence-corrected chi connectivity index (χ1v) is 12.5. The number of unbranched alkanes of at least 4 members (excludes halogenated alkanes) is 2. The van der Waals surface area contributed by atoms with E-state index in [2.05, 4.69) is 50.3 Å². The monoisotopic (exact) mass is 634 g/mol. The maximum absolute atomic E-state index is 7.22. The van der Waals surface area contributed by atoms with Crippen LogP contribution in [0.5, 0.6) is 0 Å². The Morgan fingerprint density at radius 2 is 1.03 bits per heavy atom. The summed E-state index contributed by atoms with van der Waals surface area (Å²) in [5.74, 6) is 0. The van der Waals surface area contributed by atoms with Gasteiger partial charge in [0.1, 0.15) is 0 Å². The molecule has 0 heterocycles. The van der Waals surface area contributed by atoms with Crippen LogP contribution in [0.3, 0.4) is 0 Å². The molecule has 2 nitrogen and oxygen atoms in total. The van der Waals surface area contributed by atoms with Gasteiger partial charge in [0, 0.05) is 0 Å². The van der Waals surface area contributed by atoms with Crippen LogP contribution < -0.4 is 0 Å². The zero-order valence-corrected chi connectivity index (χ0v) is 25.7. The molecule has 2 aliphatic carbocycles. The van der Waals surface area contributed by atoms with Gasteiger partial charge in [0.2, 0.25) is 0 Å². The second-order valence-electron chi connectivity index (χ2n) is 8.45. The van der Waals surface area contributed by atoms with E-state index in [1.54, 1.807) is 12.1 Å². The van der Waals surface area contributed by atoms with E-state index in [1.165, 1.54) is 49.7 Å². The van der Waals surface area contributed by atoms with Crippen molar-refractivity contribution in [1.29, 1.82) is 0 Å². The summed E-state index contributed by atoms with van der Waals surface area (Å²) in [6.07, 6.45) is 25.1. The van der Waals surface area contributed by atoms with E-state index in [1.807, 2.05) is 50.2 Å². The third-order valence-electron chi connectivity index (χ3n) is 5.42. The molecular formula is C32H42HfN2. The van der Waals surface area contributed by atoms with E-state index in [0.29, 0.717) is 11.4 Å². The van der Waals surface area contributed by atoms with Crippen molar-refractivity contribution in [2.24, 2.45) is 0 Å². The van der Waals surface area contributed by atoms with Gasteiger partial charge in [-0.05, 0) is 13.8 Å². The minimum absolute atomic E-state index is 0. The quantitative estimate of drug-likeness (QED) is 0.225. The third kappa shape index (κ3) is 16.2. The van der Waals surface area contributed by atoms with Crippen LogP contribution in [0.2, 0.25) is 0 Å². The molecule has 3 heteroatoms. The molecule has 0 fully saturated rings. The number of benzene rings is 2. The first-order chi connectivity index (χ1) is 16.5. The molecule has 0 atom stereocenters. The van der Waals surface area contributed by atoms with Crippen molar-refractivity contribution >= 4 is 11.4 Å². The average molecular weight is 633 g/mol. The summed E-state index contributed by atoms with van der Waals surface area (Å²) in [4.78, 5) is 0. The molecule has 0 bridgehead atoms. The molecule has 4 rings (SSSR count). The Bertz CT molecular complexity index is 819. The van der Waals surface area contributed by atoms with Crippen molar-refractivity contribution in [1.82, 2.24) is 0 Å². The van der Waals surface area contributed by atoms with Crippen LogP contribution in [0.4, 0.5) is 11.4 Å². The molecule has 2 N–H and O–H groups in total. The third-order valence-corrected chi connectivity index (χ3v) is 5.42. The first kappa shape index (κ1) is 32.9. The van der Waals surface area contributed by atoms with Gasteiger partial charge in [-0.25, -0.2) is 23.3 Å². The van der Waals surface area contributed by atoms with E-state index in [4.69, 9.17) is 11.5 Å². The summed E-state index contributed by atoms with van der Waals surface area (Å²) in [7, 11) is 0. The molecule has 0 amide bonds. The second kappa shape index (κ2) is 21.2. The Morgan fingerprint density at radius 1 is 0.657 bits per heavy atom. The summed E-state index contributed by atoms with van der Waals surface area (Å²) in [5.41, 5.74) is 20.6. The molecule has 0 unspecified atom stereocenters. The largest absolute Gasteiger partial charge is 4.00 e. The van der Waals surface area contributed by atoms with Crippen molar-refractivity contribution in [2.45, 2.75) is 79.1 Å². The molecule has 2 aliphatic rings. The summed E-state index contributed by atoms with van der Waals surface area (Å²) in [6, 6.07) is 15.1. The van der Waals surface area contributed by atoms with Gasteiger partial charge in [0.15, 0.2) is 0 Å². The number of aryl methyl sites for hydroxylation is 2. The number of hydrogen-bond acceptors (Lipinski definition) is 0. The molecular weight excluding hydrogens is 591 g/mol. The zero-order valence-electron chi connectivity index (χ0n) is 22.1. The van der Waals surface area contributed by atoms with Crippen LogP contribution in [-0.4, -0.2) is 0 Å². The van der Waals surface area contributed by atoms with E-state index in [9.17, 15) is 0 Å². The van der Waals surface area contributed by atoms with E-state index in [-0.39, 0.29) is 25.8 Å². The predicted molar refractivity (Wildman–Crippen MR) is 150 cm³/mol. The summed E-state index contributed by atoms with van der Waals surface area (Å²) >= 11 is 0. The fraction of sp³-hybridized carbons (Fsp3) is 0.375. The van der Waals surface area contributed by atoms with Crippen LogP contribution >= 0.6 is 0 Å².